The standard InChI is InChI=1S/C19H18Cl2N4O2/c1-13-2-7-16-18(24(10-8-20)11-9-21)12-17(23-19(16)22-13)14-3-5-15(6-4-14)25(26)27/h2-7,12H,8-11H2,1H3. The molecular weight excluding hydrogens is 387 g/mol. The number of hydrogen-bond acceptors (Lipinski definition) is 5. The van der Waals surface area contributed by atoms with Crippen molar-refractivity contribution in [1.29, 1.82) is 0 Å². The van der Waals surface area contributed by atoms with Crippen LogP contribution >= 0.6 is 23.2 Å². The minimum absolute atomic E-state index is 0.0413. The molecular formula is C19H18Cl2N4O2. The molecule has 0 radical (unpaired) electrons. The van der Waals surface area contributed by atoms with Crippen molar-refractivity contribution in [3.63, 3.8) is 0 Å². The van der Waals surface area contributed by atoms with E-state index in [-0.39, 0.29) is 5.69 Å². The van der Waals surface area contributed by atoms with Gasteiger partial charge in [0.25, 0.3) is 5.69 Å². The van der Waals surface area contributed by atoms with Crippen LogP contribution in [0, 0.1) is 17.0 Å². The highest BCUT2D eigenvalue weighted by molar-refractivity contribution is 6.18. The molecule has 0 N–H and O–H groups in total. The zero-order valence-electron chi connectivity index (χ0n) is 14.7. The van der Waals surface area contributed by atoms with Gasteiger partial charge in [-0.1, -0.05) is 0 Å². The summed E-state index contributed by atoms with van der Waals surface area (Å²) in [6.45, 7) is 3.19. The van der Waals surface area contributed by atoms with Gasteiger partial charge in [-0.05, 0) is 37.3 Å². The van der Waals surface area contributed by atoms with E-state index < -0.39 is 4.92 Å². The zero-order chi connectivity index (χ0) is 19.4. The normalized spacial score (nSPS) is 10.9. The number of nitrogens with zero attached hydrogens (tertiary/aromatic N) is 4. The van der Waals surface area contributed by atoms with Crippen LogP contribution in [0.2, 0.25) is 0 Å². The number of aromatic nitrogens is 2. The number of non-ortho nitro benzene ring substituents is 1. The molecule has 3 aromatic rings. The van der Waals surface area contributed by atoms with Crippen molar-refractivity contribution in [2.24, 2.45) is 0 Å². The zero-order valence-corrected chi connectivity index (χ0v) is 16.2. The van der Waals surface area contributed by atoms with Crippen molar-refractivity contribution in [3.8, 4) is 11.3 Å². The highest BCUT2D eigenvalue weighted by atomic mass is 35.5. The summed E-state index contributed by atoms with van der Waals surface area (Å²) in [7, 11) is 0. The lowest BCUT2D eigenvalue weighted by molar-refractivity contribution is -0.384. The third-order valence-corrected chi connectivity index (χ3v) is 4.55. The summed E-state index contributed by atoms with van der Waals surface area (Å²) in [5, 5.41) is 11.8. The second kappa shape index (κ2) is 8.50. The number of benzene rings is 1. The third kappa shape index (κ3) is 4.28. The van der Waals surface area contributed by atoms with Crippen LogP contribution in [0.15, 0.2) is 42.5 Å². The number of nitro benzene ring substituents is 1. The SMILES string of the molecule is Cc1ccc2c(N(CCCl)CCCl)cc(-c3ccc([N+](=O)[O-])cc3)nc2n1. The molecule has 0 bridgehead atoms. The smallest absolute Gasteiger partial charge is 0.269 e. The topological polar surface area (TPSA) is 72.2 Å². The summed E-state index contributed by atoms with van der Waals surface area (Å²) < 4.78 is 0. The maximum Gasteiger partial charge on any atom is 0.269 e. The van der Waals surface area contributed by atoms with Crippen LogP contribution in [-0.2, 0) is 0 Å². The van der Waals surface area contributed by atoms with Crippen LogP contribution in [0.25, 0.3) is 22.3 Å². The maximum absolute atomic E-state index is 10.9. The summed E-state index contributed by atoms with van der Waals surface area (Å²) in [5.41, 5.74) is 3.95. The number of rotatable bonds is 7. The summed E-state index contributed by atoms with van der Waals surface area (Å²) in [6, 6.07) is 12.2. The van der Waals surface area contributed by atoms with Gasteiger partial charge in [-0.3, -0.25) is 10.1 Å². The monoisotopic (exact) mass is 404 g/mol. The number of hydrogen-bond donors (Lipinski definition) is 0. The molecule has 2 heterocycles. The number of aryl methyl sites for hydroxylation is 1. The molecule has 0 fully saturated rings. The quantitative estimate of drug-likeness (QED) is 0.321. The number of pyridine rings is 2. The van der Waals surface area contributed by atoms with Crippen molar-refractivity contribution in [2.75, 3.05) is 29.7 Å². The second-order valence-corrected chi connectivity index (χ2v) is 6.78. The number of nitro groups is 1. The van der Waals surface area contributed by atoms with Gasteiger partial charge in [0.15, 0.2) is 5.65 Å². The van der Waals surface area contributed by atoms with Gasteiger partial charge < -0.3 is 4.90 Å². The Bertz CT molecular complexity index is 958. The van der Waals surface area contributed by atoms with E-state index in [0.29, 0.717) is 36.2 Å². The van der Waals surface area contributed by atoms with Gasteiger partial charge in [-0.25, -0.2) is 9.97 Å². The van der Waals surface area contributed by atoms with Crippen LogP contribution in [0.5, 0.6) is 0 Å². The highest BCUT2D eigenvalue weighted by Crippen LogP contribution is 2.31. The highest BCUT2D eigenvalue weighted by Gasteiger charge is 2.15. The molecule has 6 nitrogen and oxygen atoms in total. The lowest BCUT2D eigenvalue weighted by Crippen LogP contribution is -2.28. The first-order chi connectivity index (χ1) is 13.0. The third-order valence-electron chi connectivity index (χ3n) is 4.21. The van der Waals surface area contributed by atoms with Gasteiger partial charge >= 0.3 is 0 Å². The molecule has 140 valence electrons. The fraction of sp³-hybridized carbons (Fsp3) is 0.263. The maximum atomic E-state index is 10.9. The minimum atomic E-state index is -0.420. The molecule has 3 rings (SSSR count). The lowest BCUT2D eigenvalue weighted by atomic mass is 10.1. The van der Waals surface area contributed by atoms with Crippen molar-refractivity contribution in [3.05, 3.63) is 58.3 Å². The molecule has 0 saturated heterocycles. The molecule has 0 atom stereocenters. The molecule has 0 aliphatic carbocycles. The van der Waals surface area contributed by atoms with Crippen molar-refractivity contribution >= 4 is 45.6 Å². The second-order valence-electron chi connectivity index (χ2n) is 6.02. The molecule has 0 unspecified atom stereocenters. The summed E-state index contributed by atoms with van der Waals surface area (Å²) >= 11 is 12.0. The van der Waals surface area contributed by atoms with Crippen LogP contribution < -0.4 is 4.90 Å². The fourth-order valence-electron chi connectivity index (χ4n) is 2.90. The Morgan fingerprint density at radius 1 is 1.04 bits per heavy atom. The Balaban J connectivity index is 2.17. The largest absolute Gasteiger partial charge is 0.368 e. The summed E-state index contributed by atoms with van der Waals surface area (Å²) in [6.07, 6.45) is 0. The van der Waals surface area contributed by atoms with Crippen LogP contribution in [-0.4, -0.2) is 39.7 Å². The number of alkyl halides is 2. The van der Waals surface area contributed by atoms with Crippen molar-refractivity contribution in [1.82, 2.24) is 9.97 Å². The Morgan fingerprint density at radius 3 is 2.30 bits per heavy atom. The van der Waals surface area contributed by atoms with E-state index in [1.54, 1.807) is 12.1 Å². The molecule has 0 amide bonds. The van der Waals surface area contributed by atoms with Gasteiger partial charge in [0, 0.05) is 53.6 Å². The van der Waals surface area contributed by atoms with E-state index in [4.69, 9.17) is 23.2 Å². The molecule has 27 heavy (non-hydrogen) atoms. The van der Waals surface area contributed by atoms with Crippen molar-refractivity contribution < 1.29 is 4.92 Å². The van der Waals surface area contributed by atoms with E-state index in [0.717, 1.165) is 22.3 Å². The molecule has 0 saturated carbocycles. The van der Waals surface area contributed by atoms with Gasteiger partial charge in [0.2, 0.25) is 0 Å². The average Bonchev–Trinajstić information content (AvgIpc) is 2.66. The number of fused-ring (bicyclic) bond motifs is 1. The predicted octanol–water partition coefficient (Wildman–Crippen LogP) is 4.80. The van der Waals surface area contributed by atoms with E-state index >= 15 is 0 Å². The minimum Gasteiger partial charge on any atom is -0.368 e. The van der Waals surface area contributed by atoms with Crippen LogP contribution in [0.3, 0.4) is 0 Å². The van der Waals surface area contributed by atoms with E-state index in [1.807, 2.05) is 25.1 Å². The molecule has 1 aromatic carbocycles. The van der Waals surface area contributed by atoms with Crippen LogP contribution in [0.4, 0.5) is 11.4 Å². The molecule has 0 aliphatic rings. The van der Waals surface area contributed by atoms with E-state index in [1.165, 1.54) is 12.1 Å². The Hall–Kier alpha value is -2.44. The summed E-state index contributed by atoms with van der Waals surface area (Å²) in [4.78, 5) is 21.8. The Labute approximate surface area is 166 Å². The predicted molar refractivity (Wildman–Crippen MR) is 110 cm³/mol. The number of halogens is 2. The molecule has 8 heteroatoms. The fourth-order valence-corrected chi connectivity index (χ4v) is 3.31. The van der Waals surface area contributed by atoms with Gasteiger partial charge in [-0.2, -0.15) is 0 Å². The van der Waals surface area contributed by atoms with E-state index in [9.17, 15) is 10.1 Å². The molecule has 0 aliphatic heterocycles. The lowest BCUT2D eigenvalue weighted by Gasteiger charge is -2.25. The first kappa shape index (κ1) is 19.3. The first-order valence-corrected chi connectivity index (χ1v) is 9.50. The average molecular weight is 405 g/mol. The van der Waals surface area contributed by atoms with Gasteiger partial charge in [0.1, 0.15) is 0 Å². The van der Waals surface area contributed by atoms with Gasteiger partial charge in [0.05, 0.1) is 16.3 Å². The first-order valence-electron chi connectivity index (χ1n) is 8.43. The van der Waals surface area contributed by atoms with Crippen LogP contribution in [0.1, 0.15) is 5.69 Å². The van der Waals surface area contributed by atoms with Crippen molar-refractivity contribution in [2.45, 2.75) is 6.92 Å². The van der Waals surface area contributed by atoms with E-state index in [2.05, 4.69) is 14.9 Å². The number of anilines is 1. The molecule has 2 aromatic heterocycles. The molecule has 0 spiro atoms. The van der Waals surface area contributed by atoms with Gasteiger partial charge in [-0.15, -0.1) is 23.2 Å². The Kier molecular flexibility index (Phi) is 6.08. The summed E-state index contributed by atoms with van der Waals surface area (Å²) in [5.74, 6) is 0.930. The Morgan fingerprint density at radius 2 is 1.70 bits per heavy atom.